The van der Waals surface area contributed by atoms with Crippen LogP contribution in [0.5, 0.6) is 0 Å². The van der Waals surface area contributed by atoms with Gasteiger partial charge in [-0.15, -0.1) is 0 Å². The maximum atomic E-state index is 8.56. The van der Waals surface area contributed by atoms with Gasteiger partial charge in [0, 0.05) is 7.05 Å². The lowest BCUT2D eigenvalue weighted by molar-refractivity contribution is 0.102. The molecule has 4 nitrogen and oxygen atoms in total. The Morgan fingerprint density at radius 3 is 1.50 bits per heavy atom. The van der Waals surface area contributed by atoms with E-state index in [1.807, 2.05) is 36.4 Å². The van der Waals surface area contributed by atoms with Crippen LogP contribution in [0.15, 0.2) is 54.6 Å². The average Bonchev–Trinajstić information content (AvgIpc) is 2.47. The quantitative estimate of drug-likeness (QED) is 0.625. The molecule has 22 heavy (non-hydrogen) atoms. The van der Waals surface area contributed by atoms with Gasteiger partial charge in [-0.25, -0.2) is 0 Å². The van der Waals surface area contributed by atoms with Gasteiger partial charge < -0.3 is 10.4 Å². The van der Waals surface area contributed by atoms with Crippen molar-refractivity contribution < 1.29 is 10.3 Å². The summed E-state index contributed by atoms with van der Waals surface area (Å²) in [5.41, 5.74) is 4.47. The average molecular weight is 304 g/mol. The molecule has 0 radical (unpaired) electrons. The van der Waals surface area contributed by atoms with E-state index in [1.54, 1.807) is 33.9 Å². The molecule has 0 aliphatic heterocycles. The summed E-state index contributed by atoms with van der Waals surface area (Å²) in [7, 11) is 1.80. The lowest BCUT2D eigenvalue weighted by Gasteiger charge is -2.05. The molecule has 2 rings (SSSR count). The van der Waals surface area contributed by atoms with E-state index >= 15 is 0 Å². The highest BCUT2D eigenvalue weighted by atomic mass is 16.5. The molecule has 0 saturated heterocycles. The van der Waals surface area contributed by atoms with Crippen molar-refractivity contribution in [3.63, 3.8) is 0 Å². The van der Waals surface area contributed by atoms with Crippen LogP contribution in [0.2, 0.25) is 0 Å². The number of nitrogens with one attached hydrogen (secondary N) is 2. The van der Waals surface area contributed by atoms with Crippen molar-refractivity contribution in [3.8, 4) is 0 Å². The molecule has 0 heterocycles. The Hall–Kier alpha value is -2.04. The van der Waals surface area contributed by atoms with E-state index in [9.17, 15) is 0 Å². The lowest BCUT2D eigenvalue weighted by atomic mass is 10.2. The fourth-order valence-corrected chi connectivity index (χ4v) is 1.33. The zero-order valence-corrected chi connectivity index (χ0v) is 14.1. The van der Waals surface area contributed by atoms with Gasteiger partial charge in [-0.05, 0) is 39.8 Å². The molecule has 2 aromatic carbocycles. The van der Waals surface area contributed by atoms with Crippen molar-refractivity contribution in [2.45, 2.75) is 33.3 Å². The molecule has 0 amide bonds. The van der Waals surface area contributed by atoms with Gasteiger partial charge >= 0.3 is 0 Å². The summed E-state index contributed by atoms with van der Waals surface area (Å²) < 4.78 is 0. The first-order valence-electron chi connectivity index (χ1n) is 7.19. The summed E-state index contributed by atoms with van der Waals surface area (Å²) in [6, 6.07) is 17.7. The number of benzene rings is 2. The standard InChI is InChI=1S/C7H10N2O.C7H8.C4H10O/c1-8-6-4-2-3-5-7(6)9-10;1-7-5-3-2-4-6-7;1-4(2,3)5/h2-5,8-10H,1H3;2-6H,1H3;5H,1-3H3. The lowest BCUT2D eigenvalue weighted by Crippen LogP contribution is -2.10. The monoisotopic (exact) mass is 304 g/mol. The molecular formula is C18H28N2O2. The SMILES string of the molecule is CC(C)(C)O.CNc1ccccc1NO.Cc1ccccc1. The van der Waals surface area contributed by atoms with Gasteiger partial charge in [0.05, 0.1) is 17.0 Å². The molecule has 122 valence electrons. The highest BCUT2D eigenvalue weighted by Gasteiger charge is 1.98. The van der Waals surface area contributed by atoms with Crippen LogP contribution in [0, 0.1) is 6.92 Å². The van der Waals surface area contributed by atoms with Crippen LogP contribution in [0.25, 0.3) is 0 Å². The molecule has 0 unspecified atom stereocenters. The maximum absolute atomic E-state index is 8.56. The number of aryl methyl sites for hydroxylation is 1. The summed E-state index contributed by atoms with van der Waals surface area (Å²) in [6.07, 6.45) is 0. The van der Waals surface area contributed by atoms with Gasteiger partial charge in [0.25, 0.3) is 0 Å². The number of anilines is 2. The van der Waals surface area contributed by atoms with Gasteiger partial charge in [-0.2, -0.15) is 0 Å². The van der Waals surface area contributed by atoms with Crippen LogP contribution in [0.4, 0.5) is 11.4 Å². The summed E-state index contributed by atoms with van der Waals surface area (Å²) in [6.45, 7) is 7.31. The molecule has 0 aliphatic rings. The molecule has 4 N–H and O–H groups in total. The Bertz CT molecular complexity index is 479. The number of rotatable bonds is 2. The minimum Gasteiger partial charge on any atom is -0.391 e. The predicted octanol–water partition coefficient (Wildman–Crippen LogP) is 4.30. The highest BCUT2D eigenvalue weighted by molar-refractivity contribution is 5.66. The molecule has 0 aliphatic carbocycles. The largest absolute Gasteiger partial charge is 0.391 e. The number of hydrogen-bond donors (Lipinski definition) is 4. The van der Waals surface area contributed by atoms with Crippen LogP contribution >= 0.6 is 0 Å². The second kappa shape index (κ2) is 10.7. The zero-order chi connectivity index (χ0) is 17.0. The van der Waals surface area contributed by atoms with Crippen molar-refractivity contribution >= 4 is 11.4 Å². The third-order valence-electron chi connectivity index (χ3n) is 2.26. The van der Waals surface area contributed by atoms with Crippen LogP contribution in [-0.2, 0) is 0 Å². The first kappa shape index (κ1) is 20.0. The third kappa shape index (κ3) is 11.8. The van der Waals surface area contributed by atoms with Crippen molar-refractivity contribution in [1.29, 1.82) is 0 Å². The Morgan fingerprint density at radius 2 is 1.23 bits per heavy atom. The first-order chi connectivity index (χ1) is 10.3. The molecular weight excluding hydrogens is 276 g/mol. The second-order valence-corrected chi connectivity index (χ2v) is 5.73. The Labute approximate surface area is 133 Å². The van der Waals surface area contributed by atoms with Crippen LogP contribution in [0.3, 0.4) is 0 Å². The van der Waals surface area contributed by atoms with Gasteiger partial charge in [-0.1, -0.05) is 48.0 Å². The van der Waals surface area contributed by atoms with Crippen molar-refractivity contribution in [2.75, 3.05) is 17.8 Å². The van der Waals surface area contributed by atoms with Crippen LogP contribution < -0.4 is 10.8 Å². The van der Waals surface area contributed by atoms with Crippen LogP contribution in [-0.4, -0.2) is 23.0 Å². The van der Waals surface area contributed by atoms with Crippen molar-refractivity contribution in [3.05, 3.63) is 60.2 Å². The number of aliphatic hydroxyl groups is 1. The molecule has 0 bridgehead atoms. The minimum absolute atomic E-state index is 0.500. The maximum Gasteiger partial charge on any atom is 0.0833 e. The fraction of sp³-hybridized carbons (Fsp3) is 0.333. The molecule has 0 spiro atoms. The van der Waals surface area contributed by atoms with Gasteiger partial charge in [0.15, 0.2) is 0 Å². The van der Waals surface area contributed by atoms with E-state index < -0.39 is 5.60 Å². The second-order valence-electron chi connectivity index (χ2n) is 5.73. The van der Waals surface area contributed by atoms with E-state index in [0.717, 1.165) is 5.69 Å². The number of para-hydroxylation sites is 2. The first-order valence-corrected chi connectivity index (χ1v) is 7.19. The van der Waals surface area contributed by atoms with Gasteiger partial charge in [0.2, 0.25) is 0 Å². The summed E-state index contributed by atoms with van der Waals surface area (Å²) in [4.78, 5) is 0. The van der Waals surface area contributed by atoms with E-state index in [4.69, 9.17) is 10.3 Å². The van der Waals surface area contributed by atoms with Crippen molar-refractivity contribution in [1.82, 2.24) is 0 Å². The Balaban J connectivity index is 0.000000322. The fourth-order valence-electron chi connectivity index (χ4n) is 1.33. The normalized spacial score (nSPS) is 9.59. The Morgan fingerprint density at radius 1 is 0.818 bits per heavy atom. The summed E-state index contributed by atoms with van der Waals surface area (Å²) >= 11 is 0. The van der Waals surface area contributed by atoms with E-state index in [1.165, 1.54) is 5.56 Å². The zero-order valence-electron chi connectivity index (χ0n) is 14.1. The Kier molecular flexibility index (Phi) is 9.67. The van der Waals surface area contributed by atoms with Gasteiger partial charge in [0.1, 0.15) is 0 Å². The minimum atomic E-state index is -0.500. The summed E-state index contributed by atoms with van der Waals surface area (Å²) in [5, 5.41) is 20.0. The molecule has 0 saturated carbocycles. The third-order valence-corrected chi connectivity index (χ3v) is 2.26. The molecule has 4 heteroatoms. The highest BCUT2D eigenvalue weighted by Crippen LogP contribution is 2.18. The van der Waals surface area contributed by atoms with E-state index in [-0.39, 0.29) is 0 Å². The van der Waals surface area contributed by atoms with Crippen LogP contribution in [0.1, 0.15) is 26.3 Å². The molecule has 0 fully saturated rings. The van der Waals surface area contributed by atoms with E-state index in [0.29, 0.717) is 5.69 Å². The summed E-state index contributed by atoms with van der Waals surface area (Å²) in [5.74, 6) is 0. The van der Waals surface area contributed by atoms with Gasteiger partial charge in [-0.3, -0.25) is 10.7 Å². The molecule has 0 atom stereocenters. The predicted molar refractivity (Wildman–Crippen MR) is 94.5 cm³/mol. The molecule has 0 aromatic heterocycles. The molecule has 2 aromatic rings. The van der Waals surface area contributed by atoms with E-state index in [2.05, 4.69) is 29.9 Å². The number of hydrogen-bond acceptors (Lipinski definition) is 4. The topological polar surface area (TPSA) is 64.5 Å². The van der Waals surface area contributed by atoms with Crippen molar-refractivity contribution in [2.24, 2.45) is 0 Å². The smallest absolute Gasteiger partial charge is 0.0833 e.